The Morgan fingerprint density at radius 3 is 2.37 bits per heavy atom. The van der Waals surface area contributed by atoms with E-state index in [1.54, 1.807) is 0 Å². The molecule has 27 heavy (non-hydrogen) atoms. The molecule has 0 spiro atoms. The molecule has 1 aromatic rings. The molecular weight excluding hydrogens is 460 g/mol. The first kappa shape index (κ1) is 22.2. The molecule has 1 atom stereocenters. The van der Waals surface area contributed by atoms with Gasteiger partial charge in [0, 0.05) is 58.0 Å². The lowest BCUT2D eigenvalue weighted by Gasteiger charge is -2.36. The Labute approximate surface area is 178 Å². The monoisotopic (exact) mass is 491 g/mol. The zero-order valence-corrected chi connectivity index (χ0v) is 18.3. The maximum atomic E-state index is 13.1. The number of anilines is 1. The van der Waals surface area contributed by atoms with Crippen molar-refractivity contribution in [1.82, 2.24) is 9.80 Å². The Hall–Kier alpha value is -1.13. The Balaban J connectivity index is 0.00000261. The largest absolute Gasteiger partial charge is 0.379 e. The molecule has 2 aliphatic heterocycles. The van der Waals surface area contributed by atoms with Crippen molar-refractivity contribution >= 4 is 35.6 Å². The highest BCUT2D eigenvalue weighted by Gasteiger charge is 2.19. The number of nitrogens with two attached hydrogens (primary N) is 1. The van der Waals surface area contributed by atoms with Crippen LogP contribution in [0.25, 0.3) is 0 Å². The van der Waals surface area contributed by atoms with Crippen LogP contribution in [0.5, 0.6) is 0 Å². The van der Waals surface area contributed by atoms with Crippen molar-refractivity contribution in [2.45, 2.75) is 6.92 Å². The van der Waals surface area contributed by atoms with E-state index in [9.17, 15) is 4.39 Å². The average molecular weight is 491 g/mol. The van der Waals surface area contributed by atoms with E-state index in [0.29, 0.717) is 11.9 Å². The van der Waals surface area contributed by atoms with Gasteiger partial charge in [0.1, 0.15) is 5.82 Å². The number of nitrogens with zero attached hydrogens (tertiary/aromatic N) is 4. The van der Waals surface area contributed by atoms with E-state index in [0.717, 1.165) is 71.3 Å². The van der Waals surface area contributed by atoms with E-state index in [2.05, 4.69) is 26.6 Å². The van der Waals surface area contributed by atoms with Crippen molar-refractivity contribution in [1.29, 1.82) is 0 Å². The van der Waals surface area contributed by atoms with Crippen molar-refractivity contribution in [3.63, 3.8) is 0 Å². The maximum absolute atomic E-state index is 13.1. The van der Waals surface area contributed by atoms with Crippen LogP contribution in [0.15, 0.2) is 29.3 Å². The highest BCUT2D eigenvalue weighted by Crippen LogP contribution is 2.16. The summed E-state index contributed by atoms with van der Waals surface area (Å²) in [5.74, 6) is 0.916. The third-order valence-electron chi connectivity index (χ3n) is 5.03. The Morgan fingerprint density at radius 1 is 1.11 bits per heavy atom. The quantitative estimate of drug-likeness (QED) is 0.387. The van der Waals surface area contributed by atoms with Crippen LogP contribution in [0.3, 0.4) is 0 Å². The first-order valence-corrected chi connectivity index (χ1v) is 9.47. The number of benzene rings is 1. The van der Waals surface area contributed by atoms with Gasteiger partial charge in [0.2, 0.25) is 0 Å². The minimum absolute atomic E-state index is 0. The van der Waals surface area contributed by atoms with Gasteiger partial charge < -0.3 is 20.3 Å². The molecule has 2 aliphatic rings. The normalized spacial score (nSPS) is 20.3. The molecule has 1 unspecified atom stereocenters. The summed E-state index contributed by atoms with van der Waals surface area (Å²) in [6.45, 7) is 11.1. The minimum Gasteiger partial charge on any atom is -0.379 e. The van der Waals surface area contributed by atoms with E-state index >= 15 is 0 Å². The number of ether oxygens (including phenoxy) is 1. The standard InChI is InChI=1S/C19H30FN5O.HI/c1-16(15-23-10-12-26-13-11-23)14-22-19(21)25-8-6-24(7-9-25)18-4-2-17(20)3-5-18;/h2-5,16H,6-15H2,1H3,(H2,21,22);1H. The van der Waals surface area contributed by atoms with E-state index in [1.807, 2.05) is 12.1 Å². The summed E-state index contributed by atoms with van der Waals surface area (Å²) in [4.78, 5) is 11.4. The molecule has 3 rings (SSSR count). The van der Waals surface area contributed by atoms with Crippen LogP contribution < -0.4 is 10.6 Å². The Kier molecular flexibility index (Phi) is 9.04. The zero-order valence-electron chi connectivity index (χ0n) is 16.0. The summed E-state index contributed by atoms with van der Waals surface area (Å²) in [5.41, 5.74) is 7.26. The summed E-state index contributed by atoms with van der Waals surface area (Å²) < 4.78 is 18.4. The Morgan fingerprint density at radius 2 is 1.74 bits per heavy atom. The van der Waals surface area contributed by atoms with Gasteiger partial charge in [-0.25, -0.2) is 4.39 Å². The summed E-state index contributed by atoms with van der Waals surface area (Å²) in [6.07, 6.45) is 0. The van der Waals surface area contributed by atoms with Crippen LogP contribution in [-0.2, 0) is 4.74 Å². The molecular formula is C19H31FIN5O. The molecule has 2 fully saturated rings. The fraction of sp³-hybridized carbons (Fsp3) is 0.632. The third kappa shape index (κ3) is 6.76. The third-order valence-corrected chi connectivity index (χ3v) is 5.03. The van der Waals surface area contributed by atoms with Crippen molar-refractivity contribution in [3.05, 3.63) is 30.1 Å². The van der Waals surface area contributed by atoms with Crippen LogP contribution in [-0.4, -0.2) is 81.3 Å². The predicted octanol–water partition coefficient (Wildman–Crippen LogP) is 1.85. The lowest BCUT2D eigenvalue weighted by molar-refractivity contribution is 0.0323. The lowest BCUT2D eigenvalue weighted by atomic mass is 10.1. The number of piperazine rings is 1. The van der Waals surface area contributed by atoms with Crippen molar-refractivity contribution in [2.75, 3.05) is 70.5 Å². The van der Waals surface area contributed by atoms with Gasteiger partial charge in [0.25, 0.3) is 0 Å². The second-order valence-electron chi connectivity index (χ2n) is 7.17. The van der Waals surface area contributed by atoms with Crippen LogP contribution in [0.1, 0.15) is 6.92 Å². The summed E-state index contributed by atoms with van der Waals surface area (Å²) in [7, 11) is 0. The molecule has 2 heterocycles. The zero-order chi connectivity index (χ0) is 18.4. The number of hydrogen-bond acceptors (Lipinski definition) is 4. The average Bonchev–Trinajstić information content (AvgIpc) is 2.68. The van der Waals surface area contributed by atoms with Gasteiger partial charge >= 0.3 is 0 Å². The molecule has 2 N–H and O–H groups in total. The van der Waals surface area contributed by atoms with Crippen molar-refractivity contribution < 1.29 is 9.13 Å². The molecule has 0 radical (unpaired) electrons. The van der Waals surface area contributed by atoms with Gasteiger partial charge in [0.15, 0.2) is 5.96 Å². The van der Waals surface area contributed by atoms with E-state index in [1.165, 1.54) is 12.1 Å². The van der Waals surface area contributed by atoms with Gasteiger partial charge in [-0.05, 0) is 30.2 Å². The Bertz CT molecular complexity index is 586. The number of aliphatic imine (C=N–C) groups is 1. The van der Waals surface area contributed by atoms with Gasteiger partial charge in [0.05, 0.1) is 13.2 Å². The fourth-order valence-electron chi connectivity index (χ4n) is 3.48. The predicted molar refractivity (Wildman–Crippen MR) is 119 cm³/mol. The summed E-state index contributed by atoms with van der Waals surface area (Å²) in [5, 5.41) is 0. The van der Waals surface area contributed by atoms with E-state index in [4.69, 9.17) is 10.5 Å². The fourth-order valence-corrected chi connectivity index (χ4v) is 3.48. The molecule has 0 aromatic heterocycles. The lowest BCUT2D eigenvalue weighted by Crippen LogP contribution is -2.51. The SMILES string of the molecule is CC(CN=C(N)N1CCN(c2ccc(F)cc2)CC1)CN1CCOCC1.I. The molecule has 152 valence electrons. The molecule has 1 aromatic carbocycles. The van der Waals surface area contributed by atoms with Gasteiger partial charge in [-0.1, -0.05) is 6.92 Å². The number of morpholine rings is 1. The van der Waals surface area contributed by atoms with Crippen LogP contribution in [0, 0.1) is 11.7 Å². The topological polar surface area (TPSA) is 57.3 Å². The van der Waals surface area contributed by atoms with Crippen LogP contribution in [0.4, 0.5) is 10.1 Å². The number of rotatable bonds is 5. The molecule has 0 bridgehead atoms. The number of guanidine groups is 1. The molecule has 0 aliphatic carbocycles. The first-order valence-electron chi connectivity index (χ1n) is 9.47. The minimum atomic E-state index is -0.199. The number of hydrogen-bond donors (Lipinski definition) is 1. The van der Waals surface area contributed by atoms with Gasteiger partial charge in [-0.3, -0.25) is 9.89 Å². The highest BCUT2D eigenvalue weighted by molar-refractivity contribution is 14.0. The second kappa shape index (κ2) is 11.0. The highest BCUT2D eigenvalue weighted by atomic mass is 127. The maximum Gasteiger partial charge on any atom is 0.191 e. The summed E-state index contributed by atoms with van der Waals surface area (Å²) >= 11 is 0. The summed E-state index contributed by atoms with van der Waals surface area (Å²) in [6, 6.07) is 6.67. The van der Waals surface area contributed by atoms with Crippen molar-refractivity contribution in [2.24, 2.45) is 16.6 Å². The first-order chi connectivity index (χ1) is 12.6. The van der Waals surface area contributed by atoms with Crippen LogP contribution in [0.2, 0.25) is 0 Å². The molecule has 2 saturated heterocycles. The van der Waals surface area contributed by atoms with E-state index < -0.39 is 0 Å². The molecule has 0 amide bonds. The molecule has 0 saturated carbocycles. The van der Waals surface area contributed by atoms with Gasteiger partial charge in [-0.15, -0.1) is 24.0 Å². The molecule has 6 nitrogen and oxygen atoms in total. The smallest absolute Gasteiger partial charge is 0.191 e. The molecule has 8 heteroatoms. The number of halogens is 2. The van der Waals surface area contributed by atoms with Crippen LogP contribution >= 0.6 is 24.0 Å². The van der Waals surface area contributed by atoms with Gasteiger partial charge in [-0.2, -0.15) is 0 Å². The van der Waals surface area contributed by atoms with Crippen molar-refractivity contribution in [3.8, 4) is 0 Å². The van der Waals surface area contributed by atoms with E-state index in [-0.39, 0.29) is 29.8 Å². The second-order valence-corrected chi connectivity index (χ2v) is 7.17.